The van der Waals surface area contributed by atoms with Crippen molar-refractivity contribution < 1.29 is 4.39 Å². The van der Waals surface area contributed by atoms with Gasteiger partial charge in [0.15, 0.2) is 0 Å². The third-order valence-electron chi connectivity index (χ3n) is 3.67. The lowest BCUT2D eigenvalue weighted by atomic mass is 10.1. The van der Waals surface area contributed by atoms with E-state index in [1.165, 1.54) is 32.8 Å². The van der Waals surface area contributed by atoms with Gasteiger partial charge >= 0.3 is 0 Å². The molecule has 0 aliphatic carbocycles. The Kier molecular flexibility index (Phi) is 4.84. The summed E-state index contributed by atoms with van der Waals surface area (Å²) >= 11 is 1.85. The van der Waals surface area contributed by atoms with Gasteiger partial charge in [0.05, 0.1) is 11.9 Å². The first-order chi connectivity index (χ1) is 11.1. The average molecular weight is 326 g/mol. The molecule has 23 heavy (non-hydrogen) atoms. The molecular formula is C19H19FN2S. The lowest BCUT2D eigenvalue weighted by molar-refractivity contribution is 0.415. The van der Waals surface area contributed by atoms with Gasteiger partial charge in [0, 0.05) is 16.1 Å². The summed E-state index contributed by atoms with van der Waals surface area (Å²) in [4.78, 5) is 7.66. The number of rotatable bonds is 5. The molecule has 0 bridgehead atoms. The molecule has 3 aromatic rings. The fraction of sp³-hybridized carbons (Fsp3) is 0.211. The third-order valence-corrected chi connectivity index (χ3v) is 4.91. The van der Waals surface area contributed by atoms with Crippen LogP contribution in [0.25, 0.3) is 22.2 Å². The fourth-order valence-corrected chi connectivity index (χ4v) is 3.65. The van der Waals surface area contributed by atoms with Crippen molar-refractivity contribution in [3.63, 3.8) is 0 Å². The first kappa shape index (κ1) is 15.8. The number of hydrogen-bond acceptors (Lipinski definition) is 3. The highest BCUT2D eigenvalue weighted by Crippen LogP contribution is 2.33. The van der Waals surface area contributed by atoms with E-state index in [1.54, 1.807) is 6.07 Å². The van der Waals surface area contributed by atoms with Crippen LogP contribution in [-0.2, 0) is 6.42 Å². The smallest absolute Gasteiger partial charge is 0.141 e. The molecule has 1 aromatic carbocycles. The van der Waals surface area contributed by atoms with E-state index in [4.69, 9.17) is 0 Å². The maximum atomic E-state index is 13.0. The first-order valence-corrected chi connectivity index (χ1v) is 8.40. The van der Waals surface area contributed by atoms with Gasteiger partial charge in [0.25, 0.3) is 0 Å². The molecule has 0 aliphatic heterocycles. The summed E-state index contributed by atoms with van der Waals surface area (Å²) in [5.41, 5.74) is 2.01. The maximum absolute atomic E-state index is 13.0. The number of fused-ring (bicyclic) bond motifs is 1. The highest BCUT2D eigenvalue weighted by Gasteiger charge is 2.09. The zero-order valence-electron chi connectivity index (χ0n) is 13.3. The van der Waals surface area contributed by atoms with Gasteiger partial charge in [-0.25, -0.2) is 4.39 Å². The number of benzene rings is 1. The molecule has 0 saturated carbocycles. The largest absolute Gasteiger partial charge is 0.309 e. The lowest BCUT2D eigenvalue weighted by Gasteiger charge is -2.08. The van der Waals surface area contributed by atoms with Gasteiger partial charge in [-0.3, -0.25) is 4.98 Å². The zero-order valence-corrected chi connectivity index (χ0v) is 14.1. The molecule has 0 atom stereocenters. The molecule has 4 heteroatoms. The Bertz CT molecular complexity index is 819. The molecule has 0 N–H and O–H groups in total. The van der Waals surface area contributed by atoms with Crippen molar-refractivity contribution in [3.8, 4) is 0 Å². The minimum absolute atomic E-state index is 0.310. The number of halogens is 1. The van der Waals surface area contributed by atoms with Crippen LogP contribution in [0.1, 0.15) is 16.1 Å². The molecule has 0 spiro atoms. The van der Waals surface area contributed by atoms with Gasteiger partial charge in [-0.05, 0) is 55.7 Å². The molecule has 118 valence electrons. The van der Waals surface area contributed by atoms with Crippen molar-refractivity contribution in [2.45, 2.75) is 6.42 Å². The fourth-order valence-electron chi connectivity index (χ4n) is 2.46. The van der Waals surface area contributed by atoms with Gasteiger partial charge in [-0.15, -0.1) is 11.3 Å². The molecule has 2 aromatic heterocycles. The van der Waals surface area contributed by atoms with Crippen LogP contribution in [0.3, 0.4) is 0 Å². The molecule has 3 rings (SSSR count). The van der Waals surface area contributed by atoms with Gasteiger partial charge in [0.1, 0.15) is 5.82 Å². The van der Waals surface area contributed by atoms with E-state index >= 15 is 0 Å². The van der Waals surface area contributed by atoms with Crippen molar-refractivity contribution in [1.29, 1.82) is 0 Å². The molecule has 0 radical (unpaired) electrons. The maximum Gasteiger partial charge on any atom is 0.141 e. The first-order valence-electron chi connectivity index (χ1n) is 7.58. The van der Waals surface area contributed by atoms with Crippen molar-refractivity contribution in [3.05, 3.63) is 64.5 Å². The summed E-state index contributed by atoms with van der Waals surface area (Å²) < 4.78 is 14.3. The predicted octanol–water partition coefficient (Wildman–Crippen LogP) is 4.71. The van der Waals surface area contributed by atoms with E-state index < -0.39 is 0 Å². The lowest BCUT2D eigenvalue weighted by Crippen LogP contribution is -2.14. The van der Waals surface area contributed by atoms with Crippen LogP contribution in [-0.4, -0.2) is 30.5 Å². The minimum atomic E-state index is -0.310. The van der Waals surface area contributed by atoms with Crippen molar-refractivity contribution in [1.82, 2.24) is 9.88 Å². The van der Waals surface area contributed by atoms with Gasteiger partial charge in [0.2, 0.25) is 0 Å². The molecule has 0 unspecified atom stereocenters. The highest BCUT2D eigenvalue weighted by atomic mass is 32.1. The van der Waals surface area contributed by atoms with Gasteiger partial charge in [-0.1, -0.05) is 24.3 Å². The number of aromatic nitrogens is 1. The number of pyridine rings is 1. The SMILES string of the molecule is CN(C)CCc1sc2ccccc2c1C=Cc1ccc(F)cn1. The standard InChI is InChI=1S/C19H19FN2S/c1-22(2)12-11-19-17(16-5-3-4-6-18(16)23-19)10-9-15-8-7-14(20)13-21-15/h3-10,13H,11-12H2,1-2H3. The second-order valence-electron chi connectivity index (χ2n) is 5.72. The molecule has 0 amide bonds. The predicted molar refractivity (Wildman–Crippen MR) is 97.2 cm³/mol. The van der Waals surface area contributed by atoms with E-state index in [2.05, 4.69) is 54.3 Å². The van der Waals surface area contributed by atoms with E-state index in [9.17, 15) is 4.39 Å². The quantitative estimate of drug-likeness (QED) is 0.675. The summed E-state index contributed by atoms with van der Waals surface area (Å²) in [6.45, 7) is 1.02. The van der Waals surface area contributed by atoms with Crippen LogP contribution < -0.4 is 0 Å². The molecular weight excluding hydrogens is 307 g/mol. The highest BCUT2D eigenvalue weighted by molar-refractivity contribution is 7.19. The zero-order chi connectivity index (χ0) is 16.2. The molecule has 0 fully saturated rings. The molecule has 2 heterocycles. The summed E-state index contributed by atoms with van der Waals surface area (Å²) in [5.74, 6) is -0.310. The normalized spacial score (nSPS) is 11.8. The molecule has 0 aliphatic rings. The molecule has 0 saturated heterocycles. The summed E-state index contributed by atoms with van der Waals surface area (Å²) in [7, 11) is 4.18. The van der Waals surface area contributed by atoms with Crippen molar-refractivity contribution >= 4 is 33.6 Å². The Morgan fingerprint density at radius 1 is 1.13 bits per heavy atom. The van der Waals surface area contributed by atoms with Gasteiger partial charge in [-0.2, -0.15) is 0 Å². The van der Waals surface area contributed by atoms with Crippen LogP contribution in [0.5, 0.6) is 0 Å². The van der Waals surface area contributed by atoms with Crippen LogP contribution in [0, 0.1) is 5.82 Å². The van der Waals surface area contributed by atoms with Crippen molar-refractivity contribution in [2.24, 2.45) is 0 Å². The summed E-state index contributed by atoms with van der Waals surface area (Å²) in [5, 5.41) is 1.27. The molecule has 2 nitrogen and oxygen atoms in total. The Labute approximate surface area is 139 Å². The van der Waals surface area contributed by atoms with E-state index in [0.29, 0.717) is 0 Å². The van der Waals surface area contributed by atoms with Gasteiger partial charge < -0.3 is 4.90 Å². The van der Waals surface area contributed by atoms with E-state index in [-0.39, 0.29) is 5.82 Å². The second kappa shape index (κ2) is 7.02. The van der Waals surface area contributed by atoms with E-state index in [0.717, 1.165) is 18.7 Å². The number of nitrogens with zero attached hydrogens (tertiary/aromatic N) is 2. The summed E-state index contributed by atoms with van der Waals surface area (Å²) in [6.07, 6.45) is 6.32. The Balaban J connectivity index is 1.96. The van der Waals surface area contributed by atoms with Crippen LogP contribution >= 0.6 is 11.3 Å². The third kappa shape index (κ3) is 3.84. The number of hydrogen-bond donors (Lipinski definition) is 0. The summed E-state index contributed by atoms with van der Waals surface area (Å²) in [6, 6.07) is 11.6. The van der Waals surface area contributed by atoms with Crippen molar-refractivity contribution in [2.75, 3.05) is 20.6 Å². The average Bonchev–Trinajstić information content (AvgIpc) is 2.90. The number of thiophene rings is 1. The van der Waals surface area contributed by atoms with Crippen LogP contribution in [0.15, 0.2) is 42.6 Å². The minimum Gasteiger partial charge on any atom is -0.309 e. The van der Waals surface area contributed by atoms with E-state index in [1.807, 2.05) is 17.4 Å². The Hall–Kier alpha value is -2.04. The number of likely N-dealkylation sites (N-methyl/N-ethyl adjacent to an activating group) is 1. The Morgan fingerprint density at radius 2 is 1.96 bits per heavy atom. The van der Waals surface area contributed by atoms with Crippen LogP contribution in [0.2, 0.25) is 0 Å². The second-order valence-corrected chi connectivity index (χ2v) is 6.86. The monoisotopic (exact) mass is 326 g/mol. The Morgan fingerprint density at radius 3 is 2.70 bits per heavy atom. The van der Waals surface area contributed by atoms with Crippen LogP contribution in [0.4, 0.5) is 4.39 Å². The topological polar surface area (TPSA) is 16.1 Å².